The minimum absolute atomic E-state index is 0. The van der Waals surface area contributed by atoms with Crippen LogP contribution in [0.5, 0.6) is 0 Å². The smallest absolute Gasteiger partial charge is 0.200 e. The molecule has 52 heavy (non-hydrogen) atoms. The Morgan fingerprint density at radius 3 is 1.40 bits per heavy atom. The van der Waals surface area contributed by atoms with Crippen molar-refractivity contribution in [2.24, 2.45) is 11.5 Å². The first-order valence-corrected chi connectivity index (χ1v) is 17.4. The summed E-state index contributed by atoms with van der Waals surface area (Å²) in [5.41, 5.74) is 13.7. The highest BCUT2D eigenvalue weighted by atomic mass is 127. The van der Waals surface area contributed by atoms with Gasteiger partial charge in [0.2, 0.25) is 15.7 Å². The summed E-state index contributed by atoms with van der Waals surface area (Å²) in [6.45, 7) is 1.28. The first kappa shape index (κ1) is 52.1. The molecule has 4 radical (unpaired) electrons. The predicted octanol–water partition coefficient (Wildman–Crippen LogP) is 6.25. The Morgan fingerprint density at radius 1 is 0.596 bits per heavy atom. The van der Waals surface area contributed by atoms with E-state index in [2.05, 4.69) is 22.8 Å². The second kappa shape index (κ2) is 29.4. The number of carbonyl (C=O) groups is 2. The van der Waals surface area contributed by atoms with Crippen LogP contribution in [0.4, 0.5) is 9.59 Å². The third-order valence-corrected chi connectivity index (χ3v) is 9.24. The number of carbonyl (C=O) groups excluding carboxylic acids is 2. The largest absolute Gasteiger partial charge is 0.392 e. The van der Waals surface area contributed by atoms with Crippen molar-refractivity contribution in [3.8, 4) is 0 Å². The first-order valence-electron chi connectivity index (χ1n) is 17.4. The molecule has 8 atom stereocenters. The van der Waals surface area contributed by atoms with Crippen molar-refractivity contribution in [2.75, 3.05) is 0 Å². The van der Waals surface area contributed by atoms with Crippen LogP contribution < -0.4 is 22.1 Å². The van der Waals surface area contributed by atoms with Gasteiger partial charge in [-0.3, -0.25) is 9.59 Å². The summed E-state index contributed by atoms with van der Waals surface area (Å²) in [6, 6.07) is 20.6. The molecule has 4 saturated carbocycles. The molecule has 0 aliphatic heterocycles. The Morgan fingerprint density at radius 2 is 1.00 bits per heavy atom. The van der Waals surface area contributed by atoms with Crippen LogP contribution in [0.1, 0.15) is 110 Å². The Bertz CT molecular complexity index is 1180. The molecule has 6 rings (SSSR count). The Labute approximate surface area is 334 Å². The van der Waals surface area contributed by atoms with Crippen molar-refractivity contribution < 1.29 is 29.3 Å². The molecular formula is C39H67B2IN4O6. The lowest BCUT2D eigenvalue weighted by atomic mass is 10.1. The van der Waals surface area contributed by atoms with Gasteiger partial charge in [-0.05, 0) is 88.2 Å². The molecule has 0 aromatic heterocycles. The molecule has 0 unspecified atom stereocenters. The second-order valence-electron chi connectivity index (χ2n) is 13.1. The summed E-state index contributed by atoms with van der Waals surface area (Å²) in [5, 5.41) is 23.3. The molecule has 8 N–H and O–H groups in total. The van der Waals surface area contributed by atoms with Crippen LogP contribution in [0.15, 0.2) is 60.7 Å². The van der Waals surface area contributed by atoms with E-state index in [1.54, 1.807) is 0 Å². The van der Waals surface area contributed by atoms with Crippen LogP contribution in [0.25, 0.3) is 0 Å². The van der Waals surface area contributed by atoms with Gasteiger partial charge in [0.25, 0.3) is 0 Å². The third-order valence-electron chi connectivity index (χ3n) is 9.24. The lowest BCUT2D eigenvalue weighted by Gasteiger charge is -2.21. The zero-order chi connectivity index (χ0) is 34.7. The average molecular weight is 837 g/mol. The molecule has 0 heterocycles. The molecule has 10 nitrogen and oxygen atoms in total. The summed E-state index contributed by atoms with van der Waals surface area (Å²) in [6.07, 6.45) is 11.8. The van der Waals surface area contributed by atoms with Gasteiger partial charge in [-0.2, -0.15) is 0 Å². The average Bonchev–Trinajstić information content (AvgIpc) is 3.88. The summed E-state index contributed by atoms with van der Waals surface area (Å²) < 4.78 is 11.6. The first-order chi connectivity index (χ1) is 23.1. The quantitative estimate of drug-likeness (QED) is 0.134. The molecule has 4 aliphatic carbocycles. The molecule has 4 fully saturated rings. The lowest BCUT2D eigenvalue weighted by molar-refractivity contribution is 0.0308. The van der Waals surface area contributed by atoms with E-state index in [0.717, 1.165) is 76.2 Å². The monoisotopic (exact) mass is 836 g/mol. The number of nitrogens with two attached hydrogens (primary N) is 2. The molecular weight excluding hydrogens is 769 g/mol. The van der Waals surface area contributed by atoms with Crippen LogP contribution in [0.2, 0.25) is 0 Å². The maximum absolute atomic E-state index is 10.8. The van der Waals surface area contributed by atoms with E-state index in [9.17, 15) is 9.59 Å². The van der Waals surface area contributed by atoms with E-state index in [1.807, 2.05) is 48.5 Å². The van der Waals surface area contributed by atoms with Crippen molar-refractivity contribution in [3.05, 3.63) is 71.8 Å². The zero-order valence-electron chi connectivity index (χ0n) is 28.5. The second-order valence-corrected chi connectivity index (χ2v) is 13.1. The summed E-state index contributed by atoms with van der Waals surface area (Å²) in [4.78, 5) is 21.1. The number of halogens is 1. The summed E-state index contributed by atoms with van der Waals surface area (Å²) in [5.74, 6) is -1.02. The molecule has 4 aliphatic rings. The van der Waals surface area contributed by atoms with Crippen molar-refractivity contribution in [3.63, 3.8) is 0 Å². The normalized spacial score (nSPS) is 26.7. The lowest BCUT2D eigenvalue weighted by Crippen LogP contribution is -2.40. The fourth-order valence-corrected chi connectivity index (χ4v) is 6.45. The fourth-order valence-electron chi connectivity index (χ4n) is 6.45. The fraction of sp³-hybridized carbons (Fsp3) is 0.641. The molecule has 2 aromatic carbocycles. The van der Waals surface area contributed by atoms with Gasteiger partial charge in [0.1, 0.15) is 0 Å². The Hall–Kier alpha value is -2.00. The number of amides is 2. The summed E-state index contributed by atoms with van der Waals surface area (Å²) in [7, 11) is 10.0. The van der Waals surface area contributed by atoms with Gasteiger partial charge >= 0.3 is 0 Å². The number of ether oxygens (including phenoxy) is 2. The molecule has 13 heteroatoms. The van der Waals surface area contributed by atoms with Gasteiger partial charge in [-0.1, -0.05) is 82.9 Å². The van der Waals surface area contributed by atoms with Crippen LogP contribution in [0, 0.1) is 0 Å². The maximum Gasteiger partial charge on any atom is 0.200 e. The van der Waals surface area contributed by atoms with E-state index in [4.69, 9.17) is 46.8 Å². The molecule has 0 spiro atoms. The SMILES string of the molecule is C.C.C.I.N[C@@H]1CCC[C@H]1O.N[C@@H]1CCC[C@H]1OCc1ccccc1.[B]C(=O)N[C@@H]1CCC[C@H]1O.[B]C(=O)N[C@@H]1CCC[C@H]1OCc1ccccc1. The highest BCUT2D eigenvalue weighted by Crippen LogP contribution is 2.24. The Balaban J connectivity index is 0. The Kier molecular flexibility index (Phi) is 29.4. The van der Waals surface area contributed by atoms with Crippen molar-refractivity contribution in [1.82, 2.24) is 10.6 Å². The van der Waals surface area contributed by atoms with Crippen LogP contribution in [0.3, 0.4) is 0 Å². The van der Waals surface area contributed by atoms with Gasteiger partial charge in [0, 0.05) is 12.1 Å². The maximum atomic E-state index is 10.8. The van der Waals surface area contributed by atoms with Gasteiger partial charge < -0.3 is 41.8 Å². The van der Waals surface area contributed by atoms with E-state index < -0.39 is 17.7 Å². The minimum Gasteiger partial charge on any atom is -0.392 e. The van der Waals surface area contributed by atoms with Crippen molar-refractivity contribution >= 4 is 51.3 Å². The van der Waals surface area contributed by atoms with E-state index in [0.29, 0.717) is 13.2 Å². The standard InChI is InChI=1S/C13H16BNO2.C12H17NO.C6H10BNO2.C5H11NO.3CH4.HI/c14-13(16)15-11-7-4-8-12(11)17-9-10-5-2-1-3-6-10;13-11-7-4-8-12(11)14-9-10-5-2-1-3-6-10;7-6(10)8-4-2-1-3-5(4)9;6-4-2-1-3-5(4)7;;;;/h1-3,5-6,11-12H,4,7-9H2,(H,15,16);1-3,5-6,11-12H,4,7-9,13H2;4-5,9H,1-3H2,(H,8,10);4-5,7H,1-3,6H2;3*1H4;1H/t2*11-,12-;2*4-,5-;;;;/m1111..../s1. The van der Waals surface area contributed by atoms with Gasteiger partial charge in [-0.15, -0.1) is 24.0 Å². The van der Waals surface area contributed by atoms with Crippen LogP contribution >= 0.6 is 24.0 Å². The molecule has 2 amide bonds. The minimum atomic E-state index is -0.550. The van der Waals surface area contributed by atoms with E-state index in [-0.39, 0.29) is 88.7 Å². The number of nitrogens with one attached hydrogen (secondary N) is 2. The number of hydrogen-bond acceptors (Lipinski definition) is 8. The third kappa shape index (κ3) is 20.5. The molecule has 0 bridgehead atoms. The van der Waals surface area contributed by atoms with Crippen LogP contribution in [-0.2, 0) is 22.7 Å². The number of aliphatic hydroxyl groups is 2. The number of aliphatic hydroxyl groups excluding tert-OH is 2. The predicted molar refractivity (Wildman–Crippen MR) is 225 cm³/mol. The van der Waals surface area contributed by atoms with Crippen molar-refractivity contribution in [1.29, 1.82) is 0 Å². The topological polar surface area (TPSA) is 169 Å². The number of rotatable bonds is 8. The number of hydrogen-bond donors (Lipinski definition) is 6. The van der Waals surface area contributed by atoms with Gasteiger partial charge in [-0.25, -0.2) is 0 Å². The van der Waals surface area contributed by atoms with Crippen molar-refractivity contribution in [2.45, 2.75) is 161 Å². The highest BCUT2D eigenvalue weighted by molar-refractivity contribution is 14.0. The summed E-state index contributed by atoms with van der Waals surface area (Å²) >= 11 is 0. The molecule has 292 valence electrons. The van der Waals surface area contributed by atoms with Crippen LogP contribution in [-0.4, -0.2) is 86.1 Å². The van der Waals surface area contributed by atoms with E-state index in [1.165, 1.54) is 12.0 Å². The van der Waals surface area contributed by atoms with E-state index >= 15 is 0 Å². The zero-order valence-corrected chi connectivity index (χ0v) is 30.9. The van der Waals surface area contributed by atoms with Gasteiger partial charge in [0.05, 0.1) is 49.7 Å². The molecule has 0 saturated heterocycles. The highest BCUT2D eigenvalue weighted by Gasteiger charge is 2.28. The number of benzene rings is 2. The van der Waals surface area contributed by atoms with Gasteiger partial charge in [0.15, 0.2) is 11.6 Å². The molecule has 2 aromatic rings.